The highest BCUT2D eigenvalue weighted by Crippen LogP contribution is 2.15. The van der Waals surface area contributed by atoms with Crippen LogP contribution < -0.4 is 11.1 Å². The fraction of sp³-hybridized carbons (Fsp3) is 0.462. The topological polar surface area (TPSA) is 81.7 Å². The third-order valence-corrected chi connectivity index (χ3v) is 2.69. The summed E-state index contributed by atoms with van der Waals surface area (Å²) in [6, 6.07) is 0. The SMILES string of the molecule is C=C(CNC(C)(C)C)Cn1cnc2c(N)ncnc21. The Hall–Kier alpha value is -1.95. The second kappa shape index (κ2) is 4.97. The lowest BCUT2D eigenvalue weighted by molar-refractivity contribution is 0.440. The molecule has 3 N–H and O–H groups in total. The van der Waals surface area contributed by atoms with Crippen LogP contribution in [0.1, 0.15) is 20.8 Å². The maximum atomic E-state index is 5.75. The fourth-order valence-corrected chi connectivity index (χ4v) is 1.70. The van der Waals surface area contributed by atoms with E-state index in [-0.39, 0.29) is 5.54 Å². The number of nitrogens with one attached hydrogen (secondary N) is 1. The molecule has 19 heavy (non-hydrogen) atoms. The number of anilines is 1. The predicted octanol–water partition coefficient (Wildman–Crippen LogP) is 1.35. The third-order valence-electron chi connectivity index (χ3n) is 2.69. The van der Waals surface area contributed by atoms with Gasteiger partial charge in [0.2, 0.25) is 0 Å². The Bertz CT molecular complexity index is 593. The minimum atomic E-state index is 0.0759. The van der Waals surface area contributed by atoms with Gasteiger partial charge in [0.1, 0.15) is 11.8 Å². The molecule has 0 spiro atoms. The number of hydrogen-bond acceptors (Lipinski definition) is 5. The third kappa shape index (κ3) is 3.29. The van der Waals surface area contributed by atoms with E-state index in [1.165, 1.54) is 6.33 Å². The Morgan fingerprint density at radius 1 is 1.37 bits per heavy atom. The van der Waals surface area contributed by atoms with E-state index < -0.39 is 0 Å². The molecular weight excluding hydrogens is 240 g/mol. The molecule has 0 atom stereocenters. The highest BCUT2D eigenvalue weighted by Gasteiger charge is 2.11. The molecule has 2 heterocycles. The minimum Gasteiger partial charge on any atom is -0.382 e. The van der Waals surface area contributed by atoms with Gasteiger partial charge in [-0.3, -0.25) is 0 Å². The van der Waals surface area contributed by atoms with Gasteiger partial charge < -0.3 is 15.6 Å². The van der Waals surface area contributed by atoms with Gasteiger partial charge in [0.15, 0.2) is 11.5 Å². The van der Waals surface area contributed by atoms with Gasteiger partial charge in [-0.2, -0.15) is 0 Å². The normalized spacial score (nSPS) is 11.9. The Balaban J connectivity index is 2.10. The molecule has 0 radical (unpaired) electrons. The van der Waals surface area contributed by atoms with Gasteiger partial charge in [0.05, 0.1) is 6.33 Å². The average molecular weight is 260 g/mol. The molecule has 0 unspecified atom stereocenters. The van der Waals surface area contributed by atoms with Gasteiger partial charge in [-0.05, 0) is 26.3 Å². The van der Waals surface area contributed by atoms with Gasteiger partial charge in [0, 0.05) is 18.6 Å². The summed E-state index contributed by atoms with van der Waals surface area (Å²) < 4.78 is 1.93. The van der Waals surface area contributed by atoms with Crippen molar-refractivity contribution in [3.05, 3.63) is 24.8 Å². The molecule has 6 nitrogen and oxygen atoms in total. The molecule has 6 heteroatoms. The molecule has 0 aromatic carbocycles. The van der Waals surface area contributed by atoms with Gasteiger partial charge >= 0.3 is 0 Å². The van der Waals surface area contributed by atoms with Crippen LogP contribution >= 0.6 is 0 Å². The van der Waals surface area contributed by atoms with Crippen molar-refractivity contribution in [2.75, 3.05) is 12.3 Å². The Kier molecular flexibility index (Phi) is 3.53. The first-order valence-corrected chi connectivity index (χ1v) is 6.20. The van der Waals surface area contributed by atoms with Crippen LogP contribution in [0.15, 0.2) is 24.8 Å². The zero-order valence-corrected chi connectivity index (χ0v) is 11.6. The zero-order chi connectivity index (χ0) is 14.0. The van der Waals surface area contributed by atoms with E-state index in [0.717, 1.165) is 17.8 Å². The number of nitrogens with zero attached hydrogens (tertiary/aromatic N) is 4. The summed E-state index contributed by atoms with van der Waals surface area (Å²) in [5.74, 6) is 0.405. The summed E-state index contributed by atoms with van der Waals surface area (Å²) >= 11 is 0. The molecule has 0 bridgehead atoms. The lowest BCUT2D eigenvalue weighted by Crippen LogP contribution is -2.37. The van der Waals surface area contributed by atoms with Crippen LogP contribution in [0.4, 0.5) is 5.82 Å². The first-order valence-electron chi connectivity index (χ1n) is 6.20. The van der Waals surface area contributed by atoms with Crippen LogP contribution in [0.5, 0.6) is 0 Å². The monoisotopic (exact) mass is 260 g/mol. The van der Waals surface area contributed by atoms with Crippen molar-refractivity contribution < 1.29 is 0 Å². The molecule has 0 saturated heterocycles. The summed E-state index contributed by atoms with van der Waals surface area (Å²) in [6.07, 6.45) is 3.17. The van der Waals surface area contributed by atoms with Gasteiger partial charge in [-0.1, -0.05) is 6.58 Å². The predicted molar refractivity (Wildman–Crippen MR) is 76.6 cm³/mol. The van der Waals surface area contributed by atoms with Crippen molar-refractivity contribution in [2.24, 2.45) is 0 Å². The summed E-state index contributed by atoms with van der Waals surface area (Å²) in [5, 5.41) is 3.40. The number of nitrogen functional groups attached to an aromatic ring is 1. The summed E-state index contributed by atoms with van der Waals surface area (Å²) in [4.78, 5) is 12.4. The molecule has 0 aliphatic carbocycles. The zero-order valence-electron chi connectivity index (χ0n) is 11.6. The number of aromatic nitrogens is 4. The van der Waals surface area contributed by atoms with E-state index in [4.69, 9.17) is 5.73 Å². The Morgan fingerprint density at radius 3 is 2.79 bits per heavy atom. The summed E-state index contributed by atoms with van der Waals surface area (Å²) in [6.45, 7) is 11.9. The van der Waals surface area contributed by atoms with Crippen LogP contribution in [-0.4, -0.2) is 31.6 Å². The summed E-state index contributed by atoms with van der Waals surface area (Å²) in [5.41, 5.74) is 8.27. The molecule has 0 amide bonds. The Labute approximate surface area is 112 Å². The first-order chi connectivity index (χ1) is 8.87. The van der Waals surface area contributed by atoms with Crippen molar-refractivity contribution in [1.29, 1.82) is 0 Å². The van der Waals surface area contributed by atoms with E-state index >= 15 is 0 Å². The van der Waals surface area contributed by atoms with Gasteiger partial charge in [-0.15, -0.1) is 0 Å². The summed E-state index contributed by atoms with van der Waals surface area (Å²) in [7, 11) is 0. The maximum absolute atomic E-state index is 5.75. The molecule has 2 aromatic heterocycles. The van der Waals surface area contributed by atoms with E-state index in [1.54, 1.807) is 6.33 Å². The van der Waals surface area contributed by atoms with Crippen molar-refractivity contribution >= 4 is 17.0 Å². The van der Waals surface area contributed by atoms with Crippen LogP contribution in [0, 0.1) is 0 Å². The van der Waals surface area contributed by atoms with Crippen molar-refractivity contribution in [1.82, 2.24) is 24.8 Å². The fourth-order valence-electron chi connectivity index (χ4n) is 1.70. The molecule has 0 saturated carbocycles. The quantitative estimate of drug-likeness (QED) is 0.811. The first kappa shape index (κ1) is 13.5. The second-order valence-electron chi connectivity index (χ2n) is 5.66. The van der Waals surface area contributed by atoms with Crippen molar-refractivity contribution in [2.45, 2.75) is 32.9 Å². The number of imidazole rings is 1. The Morgan fingerprint density at radius 2 is 2.11 bits per heavy atom. The van der Waals surface area contributed by atoms with E-state index in [0.29, 0.717) is 17.9 Å². The van der Waals surface area contributed by atoms with Crippen LogP contribution in [0.3, 0.4) is 0 Å². The standard InChI is InChI=1S/C13H20N6/c1-9(5-18-13(2,3)4)6-19-8-17-10-11(14)15-7-16-12(10)19/h7-8,18H,1,5-6H2,2-4H3,(H2,14,15,16). The number of fused-ring (bicyclic) bond motifs is 1. The second-order valence-corrected chi connectivity index (χ2v) is 5.66. The lowest BCUT2D eigenvalue weighted by Gasteiger charge is -2.21. The smallest absolute Gasteiger partial charge is 0.165 e. The van der Waals surface area contributed by atoms with Gasteiger partial charge in [0.25, 0.3) is 0 Å². The molecule has 0 aliphatic rings. The molecule has 2 aromatic rings. The van der Waals surface area contributed by atoms with E-state index in [2.05, 4.69) is 47.6 Å². The highest BCUT2D eigenvalue weighted by molar-refractivity contribution is 5.81. The molecule has 2 rings (SSSR count). The molecule has 0 fully saturated rings. The van der Waals surface area contributed by atoms with Crippen LogP contribution in [-0.2, 0) is 6.54 Å². The molecule has 0 aliphatic heterocycles. The van der Waals surface area contributed by atoms with Crippen LogP contribution in [0.2, 0.25) is 0 Å². The van der Waals surface area contributed by atoms with Gasteiger partial charge in [-0.25, -0.2) is 15.0 Å². The van der Waals surface area contributed by atoms with E-state index in [9.17, 15) is 0 Å². The number of hydrogen-bond donors (Lipinski definition) is 2. The van der Waals surface area contributed by atoms with E-state index in [1.807, 2.05) is 4.57 Å². The largest absolute Gasteiger partial charge is 0.382 e. The van der Waals surface area contributed by atoms with Crippen molar-refractivity contribution in [3.8, 4) is 0 Å². The number of rotatable bonds is 4. The lowest BCUT2D eigenvalue weighted by atomic mass is 10.1. The highest BCUT2D eigenvalue weighted by atomic mass is 15.1. The van der Waals surface area contributed by atoms with Crippen molar-refractivity contribution in [3.63, 3.8) is 0 Å². The average Bonchev–Trinajstić information content (AvgIpc) is 2.71. The molecular formula is C13H20N6. The van der Waals surface area contributed by atoms with Crippen LogP contribution in [0.25, 0.3) is 11.2 Å². The maximum Gasteiger partial charge on any atom is 0.165 e. The number of nitrogens with two attached hydrogens (primary N) is 1. The minimum absolute atomic E-state index is 0.0759. The molecule has 102 valence electrons.